The summed E-state index contributed by atoms with van der Waals surface area (Å²) < 4.78 is 13.4. The summed E-state index contributed by atoms with van der Waals surface area (Å²) in [5, 5.41) is 0. The first-order valence-electron chi connectivity index (χ1n) is 4.50. The fourth-order valence-electron chi connectivity index (χ4n) is 1.83. The lowest BCUT2D eigenvalue weighted by Gasteiger charge is -2.16. The molecule has 2 heteroatoms. The quantitative estimate of drug-likeness (QED) is 0.698. The summed E-state index contributed by atoms with van der Waals surface area (Å²) in [7, 11) is 0. The van der Waals surface area contributed by atoms with Crippen molar-refractivity contribution in [3.8, 4) is 0 Å². The zero-order valence-corrected chi connectivity index (χ0v) is 7.39. The number of nitrogens with two attached hydrogens (primary N) is 1. The van der Waals surface area contributed by atoms with Gasteiger partial charge in [-0.1, -0.05) is 18.2 Å². The van der Waals surface area contributed by atoms with Crippen LogP contribution in [0.5, 0.6) is 0 Å². The van der Waals surface area contributed by atoms with Crippen LogP contribution in [0.3, 0.4) is 0 Å². The Hall–Kier alpha value is -1.15. The maximum atomic E-state index is 13.4. The highest BCUT2D eigenvalue weighted by Gasteiger charge is 2.14. The van der Waals surface area contributed by atoms with E-state index in [2.05, 4.69) is 0 Å². The van der Waals surface area contributed by atoms with Gasteiger partial charge < -0.3 is 5.73 Å². The fraction of sp³-hybridized carbons (Fsp3) is 0.273. The molecule has 1 aromatic carbocycles. The van der Waals surface area contributed by atoms with Crippen molar-refractivity contribution in [1.82, 2.24) is 0 Å². The highest BCUT2D eigenvalue weighted by atomic mass is 19.1. The number of fused-ring (bicyclic) bond motifs is 1. The van der Waals surface area contributed by atoms with E-state index in [1.807, 2.05) is 12.1 Å². The molecular formula is C11H12FN. The standard InChI is InChI=1S/C11H12FN/c12-10-6-2-4-8-3-1-5-9(7-13)11(8)10/h2,4-6H,1,3,7,13H2. The van der Waals surface area contributed by atoms with E-state index in [9.17, 15) is 4.39 Å². The molecule has 0 spiro atoms. The van der Waals surface area contributed by atoms with Gasteiger partial charge in [-0.25, -0.2) is 4.39 Å². The zero-order chi connectivity index (χ0) is 9.26. The Balaban J connectivity index is 2.57. The van der Waals surface area contributed by atoms with Crippen LogP contribution in [-0.2, 0) is 6.42 Å². The van der Waals surface area contributed by atoms with Gasteiger partial charge in [-0.2, -0.15) is 0 Å². The van der Waals surface area contributed by atoms with Crippen LogP contribution in [0.25, 0.3) is 5.57 Å². The third-order valence-corrected chi connectivity index (χ3v) is 2.45. The molecule has 1 aliphatic carbocycles. The van der Waals surface area contributed by atoms with Gasteiger partial charge in [-0.05, 0) is 30.0 Å². The average molecular weight is 177 g/mol. The first kappa shape index (κ1) is 8.45. The number of hydrogen-bond acceptors (Lipinski definition) is 1. The predicted octanol–water partition coefficient (Wildman–Crippen LogP) is 2.11. The van der Waals surface area contributed by atoms with Crippen LogP contribution in [0, 0.1) is 5.82 Å². The summed E-state index contributed by atoms with van der Waals surface area (Å²) in [5.74, 6) is -0.145. The van der Waals surface area contributed by atoms with Gasteiger partial charge in [0.05, 0.1) is 0 Å². The molecule has 2 rings (SSSR count). The highest BCUT2D eigenvalue weighted by molar-refractivity contribution is 5.71. The molecule has 0 atom stereocenters. The Morgan fingerprint density at radius 1 is 1.38 bits per heavy atom. The van der Waals surface area contributed by atoms with E-state index in [0.717, 1.165) is 29.5 Å². The number of hydrogen-bond donors (Lipinski definition) is 1. The maximum Gasteiger partial charge on any atom is 0.131 e. The monoisotopic (exact) mass is 177 g/mol. The third kappa shape index (κ3) is 1.38. The van der Waals surface area contributed by atoms with E-state index in [4.69, 9.17) is 5.73 Å². The van der Waals surface area contributed by atoms with Gasteiger partial charge in [0.2, 0.25) is 0 Å². The second kappa shape index (κ2) is 3.30. The van der Waals surface area contributed by atoms with E-state index in [-0.39, 0.29) is 5.82 Å². The summed E-state index contributed by atoms with van der Waals surface area (Å²) >= 11 is 0. The molecule has 0 fully saturated rings. The fourth-order valence-corrected chi connectivity index (χ4v) is 1.83. The van der Waals surface area contributed by atoms with Crippen molar-refractivity contribution in [3.05, 3.63) is 41.2 Å². The zero-order valence-electron chi connectivity index (χ0n) is 7.39. The lowest BCUT2D eigenvalue weighted by molar-refractivity contribution is 0.619. The second-order valence-corrected chi connectivity index (χ2v) is 3.25. The Morgan fingerprint density at radius 2 is 2.23 bits per heavy atom. The number of aryl methyl sites for hydroxylation is 1. The van der Waals surface area contributed by atoms with Crippen molar-refractivity contribution in [2.24, 2.45) is 5.73 Å². The molecular weight excluding hydrogens is 165 g/mol. The average Bonchev–Trinajstić information content (AvgIpc) is 2.17. The Kier molecular flexibility index (Phi) is 2.15. The highest BCUT2D eigenvalue weighted by Crippen LogP contribution is 2.27. The molecule has 2 N–H and O–H groups in total. The predicted molar refractivity (Wildman–Crippen MR) is 51.8 cm³/mol. The van der Waals surface area contributed by atoms with Crippen LogP contribution in [0.2, 0.25) is 0 Å². The molecule has 1 nitrogen and oxygen atoms in total. The number of benzene rings is 1. The van der Waals surface area contributed by atoms with E-state index in [1.54, 1.807) is 6.07 Å². The van der Waals surface area contributed by atoms with E-state index < -0.39 is 0 Å². The summed E-state index contributed by atoms with van der Waals surface area (Å²) in [6.07, 6.45) is 3.94. The molecule has 1 aliphatic rings. The minimum absolute atomic E-state index is 0.145. The van der Waals surface area contributed by atoms with Crippen LogP contribution >= 0.6 is 0 Å². The van der Waals surface area contributed by atoms with Crippen molar-refractivity contribution < 1.29 is 4.39 Å². The lowest BCUT2D eigenvalue weighted by Crippen LogP contribution is -2.10. The van der Waals surface area contributed by atoms with Crippen LogP contribution in [0.1, 0.15) is 17.5 Å². The SMILES string of the molecule is NCC1=CCCc2cccc(F)c21. The maximum absolute atomic E-state index is 13.4. The molecule has 0 aliphatic heterocycles. The number of allylic oxidation sites excluding steroid dienone is 1. The van der Waals surface area contributed by atoms with E-state index in [1.165, 1.54) is 6.07 Å². The topological polar surface area (TPSA) is 26.0 Å². The molecule has 68 valence electrons. The van der Waals surface area contributed by atoms with Crippen LogP contribution in [0.4, 0.5) is 4.39 Å². The second-order valence-electron chi connectivity index (χ2n) is 3.25. The Morgan fingerprint density at radius 3 is 3.00 bits per heavy atom. The van der Waals surface area contributed by atoms with Crippen molar-refractivity contribution in [1.29, 1.82) is 0 Å². The van der Waals surface area contributed by atoms with E-state index >= 15 is 0 Å². The molecule has 1 aromatic rings. The van der Waals surface area contributed by atoms with Crippen LogP contribution in [-0.4, -0.2) is 6.54 Å². The van der Waals surface area contributed by atoms with Gasteiger partial charge in [-0.3, -0.25) is 0 Å². The largest absolute Gasteiger partial charge is 0.326 e. The normalized spacial score (nSPS) is 15.1. The lowest BCUT2D eigenvalue weighted by atomic mass is 9.90. The molecule has 0 aromatic heterocycles. The van der Waals surface area contributed by atoms with Crippen molar-refractivity contribution in [3.63, 3.8) is 0 Å². The summed E-state index contributed by atoms with van der Waals surface area (Å²) in [4.78, 5) is 0. The van der Waals surface area contributed by atoms with Gasteiger partial charge in [-0.15, -0.1) is 0 Å². The van der Waals surface area contributed by atoms with Gasteiger partial charge in [0.25, 0.3) is 0 Å². The Labute approximate surface area is 77.1 Å². The van der Waals surface area contributed by atoms with Gasteiger partial charge in [0, 0.05) is 12.1 Å². The van der Waals surface area contributed by atoms with Crippen molar-refractivity contribution in [2.45, 2.75) is 12.8 Å². The van der Waals surface area contributed by atoms with Crippen molar-refractivity contribution in [2.75, 3.05) is 6.54 Å². The van der Waals surface area contributed by atoms with Gasteiger partial charge in [0.15, 0.2) is 0 Å². The molecule has 0 bridgehead atoms. The summed E-state index contributed by atoms with van der Waals surface area (Å²) in [6.45, 7) is 0.425. The third-order valence-electron chi connectivity index (χ3n) is 2.45. The first-order chi connectivity index (χ1) is 6.33. The smallest absolute Gasteiger partial charge is 0.131 e. The molecule has 0 radical (unpaired) electrons. The van der Waals surface area contributed by atoms with Gasteiger partial charge in [0.1, 0.15) is 5.82 Å². The molecule has 0 saturated carbocycles. The minimum Gasteiger partial charge on any atom is -0.326 e. The number of halogens is 1. The first-order valence-corrected chi connectivity index (χ1v) is 4.50. The molecule has 0 unspecified atom stereocenters. The minimum atomic E-state index is -0.145. The summed E-state index contributed by atoms with van der Waals surface area (Å²) in [6, 6.07) is 5.22. The van der Waals surface area contributed by atoms with E-state index in [0.29, 0.717) is 6.54 Å². The molecule has 0 amide bonds. The van der Waals surface area contributed by atoms with Crippen molar-refractivity contribution >= 4 is 5.57 Å². The van der Waals surface area contributed by atoms with Crippen LogP contribution in [0.15, 0.2) is 24.3 Å². The molecule has 0 saturated heterocycles. The Bertz CT molecular complexity index is 355. The summed E-state index contributed by atoms with van der Waals surface area (Å²) in [5.41, 5.74) is 8.31. The molecule has 13 heavy (non-hydrogen) atoms. The van der Waals surface area contributed by atoms with Gasteiger partial charge >= 0.3 is 0 Å². The molecule has 0 heterocycles. The number of rotatable bonds is 1. The van der Waals surface area contributed by atoms with Crippen LogP contribution < -0.4 is 5.73 Å².